The van der Waals surface area contributed by atoms with Gasteiger partial charge < -0.3 is 19.7 Å². The van der Waals surface area contributed by atoms with Gasteiger partial charge in [-0.05, 0) is 55.5 Å². The summed E-state index contributed by atoms with van der Waals surface area (Å²) >= 11 is 6.38. The Bertz CT molecular complexity index is 965. The van der Waals surface area contributed by atoms with Crippen molar-refractivity contribution in [3.63, 3.8) is 0 Å². The third-order valence-corrected chi connectivity index (χ3v) is 6.29. The SMILES string of the molecule is CCC(C)NC(=O)C(CC)N(Cc1ccccc1Cl)C(=O)CCc1ccc2c(c1)OCCO2. The number of benzene rings is 2. The standard InChI is InChI=1S/C26H33ClN2O4/c1-4-18(3)28-26(31)22(5-2)29(17-20-8-6-7-9-21(20)27)25(30)13-11-19-10-12-23-24(16-19)33-15-14-32-23/h6-10,12,16,18,22H,4-5,11,13-15,17H2,1-3H3,(H,28,31). The first-order valence-electron chi connectivity index (χ1n) is 11.6. The van der Waals surface area contributed by atoms with Crippen LogP contribution in [0.1, 0.15) is 51.2 Å². The Morgan fingerprint density at radius 1 is 1.06 bits per heavy atom. The number of nitrogens with one attached hydrogen (secondary N) is 1. The second kappa shape index (κ2) is 11.9. The fourth-order valence-corrected chi connectivity index (χ4v) is 4.00. The van der Waals surface area contributed by atoms with Gasteiger partial charge in [0.25, 0.3) is 0 Å². The molecule has 0 radical (unpaired) electrons. The molecule has 1 aliphatic rings. The van der Waals surface area contributed by atoms with Crippen molar-refractivity contribution in [2.75, 3.05) is 13.2 Å². The molecule has 2 atom stereocenters. The van der Waals surface area contributed by atoms with Crippen LogP contribution in [0.2, 0.25) is 5.02 Å². The Kier molecular flexibility index (Phi) is 9.01. The lowest BCUT2D eigenvalue weighted by Crippen LogP contribution is -2.50. The summed E-state index contributed by atoms with van der Waals surface area (Å²) in [6.45, 7) is 7.25. The van der Waals surface area contributed by atoms with Crippen LogP contribution in [-0.4, -0.2) is 42.0 Å². The number of fused-ring (bicyclic) bond motifs is 1. The Morgan fingerprint density at radius 2 is 1.79 bits per heavy atom. The van der Waals surface area contributed by atoms with Crippen LogP contribution in [0.15, 0.2) is 42.5 Å². The zero-order valence-corrected chi connectivity index (χ0v) is 20.4. The van der Waals surface area contributed by atoms with E-state index in [1.54, 1.807) is 11.0 Å². The molecule has 0 spiro atoms. The van der Waals surface area contributed by atoms with Crippen LogP contribution < -0.4 is 14.8 Å². The summed E-state index contributed by atoms with van der Waals surface area (Å²) in [6.07, 6.45) is 2.16. The summed E-state index contributed by atoms with van der Waals surface area (Å²) in [5.41, 5.74) is 1.81. The summed E-state index contributed by atoms with van der Waals surface area (Å²) in [7, 11) is 0. The topological polar surface area (TPSA) is 67.9 Å². The number of hydrogen-bond acceptors (Lipinski definition) is 4. The number of rotatable bonds is 10. The molecule has 2 amide bonds. The van der Waals surface area contributed by atoms with E-state index in [9.17, 15) is 9.59 Å². The normalized spacial score (nSPS) is 14.3. The van der Waals surface area contributed by atoms with Crippen molar-refractivity contribution in [1.82, 2.24) is 10.2 Å². The minimum Gasteiger partial charge on any atom is -0.486 e. The van der Waals surface area contributed by atoms with Crippen molar-refractivity contribution >= 4 is 23.4 Å². The summed E-state index contributed by atoms with van der Waals surface area (Å²) in [5.74, 6) is 1.21. The highest BCUT2D eigenvalue weighted by molar-refractivity contribution is 6.31. The molecule has 0 aliphatic carbocycles. The van der Waals surface area contributed by atoms with Crippen LogP contribution in [-0.2, 0) is 22.6 Å². The van der Waals surface area contributed by atoms with Crippen molar-refractivity contribution in [3.05, 3.63) is 58.6 Å². The molecule has 2 unspecified atom stereocenters. The first-order chi connectivity index (χ1) is 15.9. The monoisotopic (exact) mass is 472 g/mol. The lowest BCUT2D eigenvalue weighted by atomic mass is 10.0. The quantitative estimate of drug-likeness (QED) is 0.541. The van der Waals surface area contributed by atoms with Crippen LogP contribution in [0.3, 0.4) is 0 Å². The maximum atomic E-state index is 13.4. The fourth-order valence-electron chi connectivity index (χ4n) is 3.81. The van der Waals surface area contributed by atoms with Gasteiger partial charge in [-0.1, -0.05) is 49.7 Å². The third kappa shape index (κ3) is 6.64. The van der Waals surface area contributed by atoms with Crippen molar-refractivity contribution in [1.29, 1.82) is 0 Å². The molecule has 3 rings (SSSR count). The van der Waals surface area contributed by atoms with Crippen molar-refractivity contribution in [2.45, 2.75) is 65.1 Å². The van der Waals surface area contributed by atoms with Crippen molar-refractivity contribution in [3.8, 4) is 11.5 Å². The van der Waals surface area contributed by atoms with E-state index >= 15 is 0 Å². The molecule has 0 saturated carbocycles. The van der Waals surface area contributed by atoms with Crippen molar-refractivity contribution in [2.24, 2.45) is 0 Å². The molecule has 7 heteroatoms. The molecular formula is C26H33ClN2O4. The van der Waals surface area contributed by atoms with Gasteiger partial charge in [0.1, 0.15) is 19.3 Å². The van der Waals surface area contributed by atoms with Gasteiger partial charge in [0.05, 0.1) is 0 Å². The number of carbonyl (C=O) groups is 2. The lowest BCUT2D eigenvalue weighted by molar-refractivity contribution is -0.141. The van der Waals surface area contributed by atoms with Crippen molar-refractivity contribution < 1.29 is 19.1 Å². The molecule has 1 N–H and O–H groups in total. The van der Waals surface area contributed by atoms with E-state index in [1.807, 2.05) is 57.2 Å². The molecule has 0 fully saturated rings. The Balaban J connectivity index is 1.77. The second-order valence-electron chi connectivity index (χ2n) is 8.33. The summed E-state index contributed by atoms with van der Waals surface area (Å²) in [5, 5.41) is 3.61. The molecule has 1 aliphatic heterocycles. The number of hydrogen-bond donors (Lipinski definition) is 1. The molecule has 178 valence electrons. The van der Waals surface area contributed by atoms with E-state index in [-0.39, 0.29) is 30.8 Å². The Hall–Kier alpha value is -2.73. The number of nitrogens with zero attached hydrogens (tertiary/aromatic N) is 1. The number of halogens is 1. The summed E-state index contributed by atoms with van der Waals surface area (Å²) in [4.78, 5) is 28.1. The Morgan fingerprint density at radius 3 is 2.48 bits per heavy atom. The van der Waals surface area contributed by atoms with Gasteiger partial charge >= 0.3 is 0 Å². The Labute approximate surface area is 201 Å². The fraction of sp³-hybridized carbons (Fsp3) is 0.462. The van der Waals surface area contributed by atoms with E-state index in [1.165, 1.54) is 0 Å². The number of amides is 2. The van der Waals surface area contributed by atoms with E-state index in [4.69, 9.17) is 21.1 Å². The molecule has 2 aromatic rings. The summed E-state index contributed by atoms with van der Waals surface area (Å²) < 4.78 is 11.2. The molecule has 6 nitrogen and oxygen atoms in total. The summed E-state index contributed by atoms with van der Waals surface area (Å²) in [6, 6.07) is 12.7. The minimum absolute atomic E-state index is 0.0431. The van der Waals surface area contributed by atoms with E-state index in [0.29, 0.717) is 36.8 Å². The van der Waals surface area contributed by atoms with Crippen LogP contribution in [0.5, 0.6) is 11.5 Å². The lowest BCUT2D eigenvalue weighted by Gasteiger charge is -2.32. The van der Waals surface area contributed by atoms with Gasteiger partial charge in [-0.3, -0.25) is 9.59 Å². The highest BCUT2D eigenvalue weighted by Gasteiger charge is 2.29. The van der Waals surface area contributed by atoms with Crippen LogP contribution in [0.25, 0.3) is 0 Å². The molecule has 2 aromatic carbocycles. The highest BCUT2D eigenvalue weighted by atomic mass is 35.5. The van der Waals surface area contributed by atoms with Crippen LogP contribution in [0, 0.1) is 0 Å². The molecule has 33 heavy (non-hydrogen) atoms. The van der Waals surface area contributed by atoms with E-state index < -0.39 is 6.04 Å². The molecular weight excluding hydrogens is 440 g/mol. The molecule has 1 heterocycles. The third-order valence-electron chi connectivity index (χ3n) is 5.92. The van der Waals surface area contributed by atoms with Gasteiger partial charge in [-0.2, -0.15) is 0 Å². The minimum atomic E-state index is -0.567. The second-order valence-corrected chi connectivity index (χ2v) is 8.74. The molecule has 0 bridgehead atoms. The predicted octanol–water partition coefficient (Wildman–Crippen LogP) is 4.77. The molecule has 0 saturated heterocycles. The van der Waals surface area contributed by atoms with Gasteiger partial charge in [-0.15, -0.1) is 0 Å². The zero-order chi connectivity index (χ0) is 23.8. The van der Waals surface area contributed by atoms with Gasteiger partial charge in [0.2, 0.25) is 11.8 Å². The van der Waals surface area contributed by atoms with Gasteiger partial charge in [-0.25, -0.2) is 0 Å². The number of ether oxygens (including phenoxy) is 2. The smallest absolute Gasteiger partial charge is 0.243 e. The zero-order valence-electron chi connectivity index (χ0n) is 19.6. The first kappa shape index (κ1) is 24.9. The maximum absolute atomic E-state index is 13.4. The van der Waals surface area contributed by atoms with Crippen LogP contribution in [0.4, 0.5) is 0 Å². The largest absolute Gasteiger partial charge is 0.486 e. The average molecular weight is 473 g/mol. The van der Waals surface area contributed by atoms with Gasteiger partial charge in [0, 0.05) is 24.0 Å². The average Bonchev–Trinajstić information content (AvgIpc) is 2.83. The maximum Gasteiger partial charge on any atom is 0.243 e. The number of aryl methyl sites for hydroxylation is 1. The van der Waals surface area contributed by atoms with Gasteiger partial charge in [0.15, 0.2) is 11.5 Å². The predicted molar refractivity (Wildman–Crippen MR) is 130 cm³/mol. The van der Waals surface area contributed by atoms with Crippen LogP contribution >= 0.6 is 11.6 Å². The number of carbonyl (C=O) groups excluding carboxylic acids is 2. The highest BCUT2D eigenvalue weighted by Crippen LogP contribution is 2.31. The van der Waals surface area contributed by atoms with E-state index in [2.05, 4.69) is 5.32 Å². The molecule has 0 aromatic heterocycles. The van der Waals surface area contributed by atoms with E-state index in [0.717, 1.165) is 23.3 Å². The first-order valence-corrected chi connectivity index (χ1v) is 12.0.